The molecule has 0 aliphatic rings. The molecule has 1 atom stereocenters. The average Bonchev–Trinajstić information content (AvgIpc) is 3.23. The van der Waals surface area contributed by atoms with Crippen LogP contribution in [-0.2, 0) is 6.18 Å². The van der Waals surface area contributed by atoms with Crippen molar-refractivity contribution in [2.24, 2.45) is 0 Å². The van der Waals surface area contributed by atoms with Crippen LogP contribution in [-0.4, -0.2) is 41.8 Å². The minimum Gasteiger partial charge on any atom is -0.497 e. The number of nitrogens with zero attached hydrogens (tertiary/aromatic N) is 3. The van der Waals surface area contributed by atoms with E-state index in [0.29, 0.717) is 32.9 Å². The van der Waals surface area contributed by atoms with Crippen LogP contribution in [0, 0.1) is 0 Å². The molecule has 1 unspecified atom stereocenters. The summed E-state index contributed by atoms with van der Waals surface area (Å²) in [4.78, 5) is 17.4. The molecule has 0 fully saturated rings. The molecule has 4 rings (SSSR count). The number of alkyl halides is 3. The number of carbonyl (C=O) groups excluding carboxylic acids is 1. The molecule has 8 nitrogen and oxygen atoms in total. The highest BCUT2D eigenvalue weighted by Gasteiger charge is 2.37. The Kier molecular flexibility index (Phi) is 7.17. The Morgan fingerprint density at radius 2 is 1.73 bits per heavy atom. The van der Waals surface area contributed by atoms with Crippen LogP contribution in [0.2, 0.25) is 5.02 Å². The van der Waals surface area contributed by atoms with Gasteiger partial charge < -0.3 is 19.5 Å². The first-order valence-corrected chi connectivity index (χ1v) is 11.3. The third-order valence-corrected chi connectivity index (χ3v) is 6.00. The molecular weight excluding hydrogens is 513 g/mol. The molecule has 0 aliphatic heterocycles. The van der Waals surface area contributed by atoms with Gasteiger partial charge in [-0.2, -0.15) is 18.3 Å². The Bertz CT molecular complexity index is 1470. The first-order chi connectivity index (χ1) is 17.6. The topological polar surface area (TPSA) is 87.0 Å². The fourth-order valence-corrected chi connectivity index (χ4v) is 4.04. The first-order valence-electron chi connectivity index (χ1n) is 10.9. The van der Waals surface area contributed by atoms with Crippen LogP contribution < -0.4 is 19.5 Å². The van der Waals surface area contributed by atoms with Gasteiger partial charge >= 0.3 is 6.18 Å². The highest BCUT2D eigenvalue weighted by Crippen LogP contribution is 2.35. The summed E-state index contributed by atoms with van der Waals surface area (Å²) in [6.07, 6.45) is -4.81. The zero-order valence-corrected chi connectivity index (χ0v) is 20.9. The van der Waals surface area contributed by atoms with E-state index in [2.05, 4.69) is 15.4 Å². The number of ether oxygens (including phenoxy) is 3. The van der Waals surface area contributed by atoms with E-state index in [4.69, 9.17) is 25.8 Å². The van der Waals surface area contributed by atoms with Crippen molar-refractivity contribution in [3.8, 4) is 28.5 Å². The lowest BCUT2D eigenvalue weighted by molar-refractivity contribution is -0.142. The largest absolute Gasteiger partial charge is 0.497 e. The summed E-state index contributed by atoms with van der Waals surface area (Å²) >= 11 is 6.38. The van der Waals surface area contributed by atoms with E-state index in [1.165, 1.54) is 21.3 Å². The van der Waals surface area contributed by atoms with Crippen LogP contribution in [0.3, 0.4) is 0 Å². The highest BCUT2D eigenvalue weighted by molar-refractivity contribution is 6.36. The van der Waals surface area contributed by atoms with E-state index in [0.717, 1.165) is 6.07 Å². The summed E-state index contributed by atoms with van der Waals surface area (Å²) in [6.45, 7) is 1.68. The molecule has 0 bridgehead atoms. The number of halogens is 4. The predicted molar refractivity (Wildman–Crippen MR) is 130 cm³/mol. The fourth-order valence-electron chi connectivity index (χ4n) is 3.79. The van der Waals surface area contributed by atoms with Crippen LogP contribution in [0.15, 0.2) is 48.5 Å². The number of carbonyl (C=O) groups is 1. The SMILES string of the molecule is COc1cccc(-c2cc(C(F)(F)F)n3nc(C(=O)NC(C)c4cc(OC)ccc4OC)c(Cl)c3n2)c1. The van der Waals surface area contributed by atoms with Crippen molar-refractivity contribution in [3.63, 3.8) is 0 Å². The molecule has 0 saturated heterocycles. The first kappa shape index (κ1) is 26.1. The molecule has 2 aromatic heterocycles. The van der Waals surface area contributed by atoms with E-state index >= 15 is 0 Å². The van der Waals surface area contributed by atoms with Crippen molar-refractivity contribution in [1.29, 1.82) is 0 Å². The van der Waals surface area contributed by atoms with Gasteiger partial charge in [0.25, 0.3) is 5.91 Å². The Morgan fingerprint density at radius 3 is 2.38 bits per heavy atom. The number of benzene rings is 2. The second kappa shape index (κ2) is 10.2. The lowest BCUT2D eigenvalue weighted by atomic mass is 10.1. The Labute approximate surface area is 214 Å². The van der Waals surface area contributed by atoms with E-state index in [1.54, 1.807) is 49.4 Å². The van der Waals surface area contributed by atoms with Gasteiger partial charge in [-0.25, -0.2) is 9.50 Å². The number of amides is 1. The molecule has 0 spiro atoms. The third kappa shape index (κ3) is 5.12. The summed E-state index contributed by atoms with van der Waals surface area (Å²) < 4.78 is 58.3. The molecule has 0 saturated carbocycles. The van der Waals surface area contributed by atoms with Crippen molar-refractivity contribution in [2.45, 2.75) is 19.1 Å². The zero-order valence-electron chi connectivity index (χ0n) is 20.2. The molecule has 2 heterocycles. The molecular formula is C25H22ClF3N4O4. The van der Waals surface area contributed by atoms with E-state index in [-0.39, 0.29) is 16.4 Å². The molecule has 12 heteroatoms. The lowest BCUT2D eigenvalue weighted by Gasteiger charge is -2.17. The Balaban J connectivity index is 1.77. The minimum absolute atomic E-state index is 0.0121. The van der Waals surface area contributed by atoms with Gasteiger partial charge in [0.1, 0.15) is 22.3 Å². The number of hydrogen-bond donors (Lipinski definition) is 1. The minimum atomic E-state index is -4.81. The smallest absolute Gasteiger partial charge is 0.433 e. The van der Waals surface area contributed by atoms with Gasteiger partial charge in [0, 0.05) is 11.1 Å². The van der Waals surface area contributed by atoms with E-state index in [9.17, 15) is 18.0 Å². The molecule has 0 aliphatic carbocycles. The summed E-state index contributed by atoms with van der Waals surface area (Å²) in [5.41, 5.74) is -0.915. The monoisotopic (exact) mass is 534 g/mol. The molecule has 0 radical (unpaired) electrons. The van der Waals surface area contributed by atoms with Crippen molar-refractivity contribution in [1.82, 2.24) is 19.9 Å². The standard InChI is InChI=1S/C25H22ClF3N4O4/c1-13(17-11-16(36-3)8-9-19(17)37-4)30-24(34)22-21(26)23-31-18(14-6-5-7-15(10-14)35-2)12-20(25(27,28)29)33(23)32-22/h5-13H,1-4H3,(H,30,34). The zero-order chi connectivity index (χ0) is 26.9. The van der Waals surface area contributed by atoms with Gasteiger partial charge in [-0.3, -0.25) is 4.79 Å². The average molecular weight is 535 g/mol. The maximum atomic E-state index is 14.0. The normalized spacial score (nSPS) is 12.3. The summed E-state index contributed by atoms with van der Waals surface area (Å²) in [7, 11) is 4.41. The van der Waals surface area contributed by atoms with Gasteiger partial charge in [-0.05, 0) is 43.3 Å². The second-order valence-corrected chi connectivity index (χ2v) is 8.34. The van der Waals surface area contributed by atoms with Gasteiger partial charge in [-0.15, -0.1) is 0 Å². The van der Waals surface area contributed by atoms with Crippen LogP contribution >= 0.6 is 11.6 Å². The molecule has 4 aromatic rings. The van der Waals surface area contributed by atoms with Crippen molar-refractivity contribution in [3.05, 3.63) is 70.5 Å². The number of rotatable bonds is 7. The van der Waals surface area contributed by atoms with E-state index < -0.39 is 29.5 Å². The van der Waals surface area contributed by atoms with Gasteiger partial charge in [0.2, 0.25) is 0 Å². The molecule has 194 valence electrons. The molecule has 2 aromatic carbocycles. The van der Waals surface area contributed by atoms with Gasteiger partial charge in [-0.1, -0.05) is 23.7 Å². The van der Waals surface area contributed by atoms with Crippen LogP contribution in [0.25, 0.3) is 16.9 Å². The third-order valence-electron chi connectivity index (χ3n) is 5.65. The Hall–Kier alpha value is -3.99. The molecule has 37 heavy (non-hydrogen) atoms. The number of methoxy groups -OCH3 is 3. The number of nitrogens with one attached hydrogen (secondary N) is 1. The van der Waals surface area contributed by atoms with Gasteiger partial charge in [0.05, 0.1) is 33.1 Å². The molecule has 1 amide bonds. The summed E-state index contributed by atoms with van der Waals surface area (Å²) in [6, 6.07) is 11.7. The maximum absolute atomic E-state index is 14.0. The fraction of sp³-hybridized carbons (Fsp3) is 0.240. The Morgan fingerprint density at radius 1 is 1.03 bits per heavy atom. The van der Waals surface area contributed by atoms with Crippen LogP contribution in [0.1, 0.15) is 34.7 Å². The highest BCUT2D eigenvalue weighted by atomic mass is 35.5. The quantitative estimate of drug-likeness (QED) is 0.333. The molecule has 1 N–H and O–H groups in total. The maximum Gasteiger partial charge on any atom is 0.433 e. The number of aromatic nitrogens is 3. The predicted octanol–water partition coefficient (Wildman–Crippen LogP) is 5.59. The lowest BCUT2D eigenvalue weighted by Crippen LogP contribution is -2.27. The van der Waals surface area contributed by atoms with Crippen molar-refractivity contribution >= 4 is 23.2 Å². The second-order valence-electron chi connectivity index (χ2n) is 7.96. The number of hydrogen-bond acceptors (Lipinski definition) is 6. The van der Waals surface area contributed by atoms with Crippen LogP contribution in [0.4, 0.5) is 13.2 Å². The summed E-state index contributed by atoms with van der Waals surface area (Å²) in [5.74, 6) is 0.670. The van der Waals surface area contributed by atoms with E-state index in [1.807, 2.05) is 0 Å². The number of fused-ring (bicyclic) bond motifs is 1. The summed E-state index contributed by atoms with van der Waals surface area (Å²) in [5, 5.41) is 6.26. The van der Waals surface area contributed by atoms with Crippen molar-refractivity contribution < 1.29 is 32.2 Å². The van der Waals surface area contributed by atoms with Crippen molar-refractivity contribution in [2.75, 3.05) is 21.3 Å². The van der Waals surface area contributed by atoms with Gasteiger partial charge in [0.15, 0.2) is 17.0 Å². The van der Waals surface area contributed by atoms with Crippen LogP contribution in [0.5, 0.6) is 17.2 Å².